The van der Waals surface area contributed by atoms with E-state index in [1.54, 1.807) is 0 Å². The molecular formula is C7H14O5. The predicted molar refractivity (Wildman–Crippen MR) is 39.6 cm³/mol. The van der Waals surface area contributed by atoms with Gasteiger partial charge in [0.2, 0.25) is 0 Å². The second-order valence-corrected chi connectivity index (χ2v) is 2.69. The van der Waals surface area contributed by atoms with Crippen LogP contribution in [-0.2, 0) is 14.2 Å². The Hall–Kier alpha value is -0.200. The second-order valence-electron chi connectivity index (χ2n) is 2.69. The first-order valence-electron chi connectivity index (χ1n) is 3.74. The Morgan fingerprint density at radius 1 is 1.25 bits per heavy atom. The molecule has 0 aromatic rings. The van der Waals surface area contributed by atoms with E-state index in [1.807, 2.05) is 0 Å². The fraction of sp³-hybridized carbons (Fsp3) is 1.00. The Morgan fingerprint density at radius 2 is 1.92 bits per heavy atom. The van der Waals surface area contributed by atoms with Gasteiger partial charge >= 0.3 is 0 Å². The van der Waals surface area contributed by atoms with Crippen molar-refractivity contribution in [3.8, 4) is 0 Å². The summed E-state index contributed by atoms with van der Waals surface area (Å²) in [4.78, 5) is 0. The van der Waals surface area contributed by atoms with Crippen LogP contribution in [0.15, 0.2) is 0 Å². The lowest BCUT2D eigenvalue weighted by molar-refractivity contribution is -0.262. The van der Waals surface area contributed by atoms with Gasteiger partial charge in [-0.3, -0.25) is 0 Å². The van der Waals surface area contributed by atoms with Gasteiger partial charge < -0.3 is 24.4 Å². The average Bonchev–Trinajstić information content (AvgIpc) is 2.06. The van der Waals surface area contributed by atoms with Crippen molar-refractivity contribution in [2.75, 3.05) is 20.8 Å². The Labute approximate surface area is 70.9 Å². The van der Waals surface area contributed by atoms with Crippen LogP contribution in [0, 0.1) is 0 Å². The summed E-state index contributed by atoms with van der Waals surface area (Å²) >= 11 is 0. The van der Waals surface area contributed by atoms with Crippen molar-refractivity contribution in [1.82, 2.24) is 0 Å². The lowest BCUT2D eigenvalue weighted by atomic mass is 10.1. The number of aliphatic hydroxyl groups is 2. The summed E-state index contributed by atoms with van der Waals surface area (Å²) in [6.07, 6.45) is -3.08. The molecule has 72 valence electrons. The van der Waals surface area contributed by atoms with Crippen molar-refractivity contribution in [3.05, 3.63) is 0 Å². The van der Waals surface area contributed by atoms with Crippen LogP contribution in [0.5, 0.6) is 0 Å². The first-order chi connectivity index (χ1) is 5.70. The van der Waals surface area contributed by atoms with Gasteiger partial charge in [-0.15, -0.1) is 0 Å². The van der Waals surface area contributed by atoms with Gasteiger partial charge in [0.05, 0.1) is 6.61 Å². The van der Waals surface area contributed by atoms with E-state index in [9.17, 15) is 10.2 Å². The van der Waals surface area contributed by atoms with Gasteiger partial charge in [-0.05, 0) is 0 Å². The summed E-state index contributed by atoms with van der Waals surface area (Å²) in [6.45, 7) is 0.179. The molecule has 0 radical (unpaired) electrons. The Bertz CT molecular complexity index is 140. The number of methoxy groups -OCH3 is 2. The van der Waals surface area contributed by atoms with Gasteiger partial charge in [-0.2, -0.15) is 0 Å². The van der Waals surface area contributed by atoms with Crippen molar-refractivity contribution < 1.29 is 24.4 Å². The van der Waals surface area contributed by atoms with Gasteiger partial charge in [0.25, 0.3) is 0 Å². The molecule has 4 atom stereocenters. The lowest BCUT2D eigenvalue weighted by Crippen LogP contribution is -2.54. The minimum Gasteiger partial charge on any atom is -0.387 e. The maximum Gasteiger partial charge on any atom is 0.183 e. The summed E-state index contributed by atoms with van der Waals surface area (Å²) in [5.41, 5.74) is 0. The molecule has 0 bridgehead atoms. The zero-order valence-corrected chi connectivity index (χ0v) is 7.14. The fourth-order valence-electron chi connectivity index (χ4n) is 1.23. The normalized spacial score (nSPS) is 43.0. The molecule has 1 heterocycles. The third-order valence-corrected chi connectivity index (χ3v) is 2.00. The minimum atomic E-state index is -1.07. The number of rotatable bonds is 2. The monoisotopic (exact) mass is 178 g/mol. The van der Waals surface area contributed by atoms with E-state index in [4.69, 9.17) is 14.2 Å². The summed E-state index contributed by atoms with van der Waals surface area (Å²) in [6, 6.07) is 0. The van der Waals surface area contributed by atoms with Crippen LogP contribution < -0.4 is 0 Å². The SMILES string of the molecule is CO[C@@H]1[C@@H](O)[C@H](OC)CO[C@H]1O. The maximum atomic E-state index is 9.51. The summed E-state index contributed by atoms with van der Waals surface area (Å²) < 4.78 is 14.7. The smallest absolute Gasteiger partial charge is 0.183 e. The molecule has 0 saturated carbocycles. The maximum absolute atomic E-state index is 9.51. The molecule has 0 amide bonds. The van der Waals surface area contributed by atoms with Gasteiger partial charge in [-0.1, -0.05) is 0 Å². The Kier molecular flexibility index (Phi) is 3.42. The van der Waals surface area contributed by atoms with Crippen LogP contribution in [0.2, 0.25) is 0 Å². The number of aliphatic hydroxyl groups excluding tert-OH is 2. The molecule has 1 saturated heterocycles. The fourth-order valence-corrected chi connectivity index (χ4v) is 1.23. The van der Waals surface area contributed by atoms with Crippen LogP contribution in [0.1, 0.15) is 0 Å². The summed E-state index contributed by atoms with van der Waals surface area (Å²) in [5.74, 6) is 0. The second kappa shape index (κ2) is 4.15. The number of hydrogen-bond acceptors (Lipinski definition) is 5. The van der Waals surface area contributed by atoms with Crippen molar-refractivity contribution in [1.29, 1.82) is 0 Å². The molecule has 5 nitrogen and oxygen atoms in total. The topological polar surface area (TPSA) is 68.2 Å². The van der Waals surface area contributed by atoms with Crippen molar-refractivity contribution in [2.24, 2.45) is 0 Å². The van der Waals surface area contributed by atoms with E-state index in [-0.39, 0.29) is 6.61 Å². The molecule has 0 aliphatic carbocycles. The van der Waals surface area contributed by atoms with E-state index >= 15 is 0 Å². The Morgan fingerprint density at radius 3 is 2.42 bits per heavy atom. The molecule has 0 unspecified atom stereocenters. The minimum absolute atomic E-state index is 0.179. The first-order valence-corrected chi connectivity index (χ1v) is 3.74. The lowest BCUT2D eigenvalue weighted by Gasteiger charge is -2.36. The molecule has 1 aliphatic rings. The molecular weight excluding hydrogens is 164 g/mol. The molecule has 2 N–H and O–H groups in total. The highest BCUT2D eigenvalue weighted by molar-refractivity contribution is 4.83. The van der Waals surface area contributed by atoms with Crippen LogP contribution in [0.25, 0.3) is 0 Å². The van der Waals surface area contributed by atoms with Gasteiger partial charge in [0.15, 0.2) is 6.29 Å². The molecule has 0 spiro atoms. The molecule has 5 heteroatoms. The van der Waals surface area contributed by atoms with Crippen LogP contribution in [0.3, 0.4) is 0 Å². The van der Waals surface area contributed by atoms with Gasteiger partial charge in [0, 0.05) is 14.2 Å². The zero-order valence-electron chi connectivity index (χ0n) is 7.14. The highest BCUT2D eigenvalue weighted by Gasteiger charge is 2.38. The molecule has 1 fully saturated rings. The van der Waals surface area contributed by atoms with Gasteiger partial charge in [-0.25, -0.2) is 0 Å². The van der Waals surface area contributed by atoms with E-state index < -0.39 is 24.6 Å². The van der Waals surface area contributed by atoms with E-state index in [2.05, 4.69) is 0 Å². The largest absolute Gasteiger partial charge is 0.387 e. The standard InChI is InChI=1S/C7H14O5/c1-10-4-3-12-7(9)6(11-2)5(4)8/h4-9H,3H2,1-2H3/t4-,5+,6-,7-/m1/s1. The Balaban J connectivity index is 2.56. The molecule has 12 heavy (non-hydrogen) atoms. The van der Waals surface area contributed by atoms with E-state index in [0.717, 1.165) is 0 Å². The quantitative estimate of drug-likeness (QED) is 0.551. The molecule has 0 aromatic carbocycles. The highest BCUT2D eigenvalue weighted by Crippen LogP contribution is 2.17. The van der Waals surface area contributed by atoms with Gasteiger partial charge in [0.1, 0.15) is 18.3 Å². The highest BCUT2D eigenvalue weighted by atomic mass is 16.7. The molecule has 0 aromatic heterocycles. The van der Waals surface area contributed by atoms with Crippen LogP contribution >= 0.6 is 0 Å². The first kappa shape index (κ1) is 9.88. The number of ether oxygens (including phenoxy) is 3. The summed E-state index contributed by atoms with van der Waals surface area (Å²) in [5, 5.41) is 18.7. The van der Waals surface area contributed by atoms with E-state index in [0.29, 0.717) is 0 Å². The van der Waals surface area contributed by atoms with Crippen LogP contribution in [-0.4, -0.2) is 55.6 Å². The summed E-state index contributed by atoms with van der Waals surface area (Å²) in [7, 11) is 2.88. The third kappa shape index (κ3) is 1.75. The number of hydrogen-bond donors (Lipinski definition) is 2. The van der Waals surface area contributed by atoms with Crippen molar-refractivity contribution in [3.63, 3.8) is 0 Å². The molecule has 1 aliphatic heterocycles. The molecule has 1 rings (SSSR count). The van der Waals surface area contributed by atoms with E-state index in [1.165, 1.54) is 14.2 Å². The van der Waals surface area contributed by atoms with Crippen molar-refractivity contribution in [2.45, 2.75) is 24.6 Å². The average molecular weight is 178 g/mol. The van der Waals surface area contributed by atoms with Crippen molar-refractivity contribution >= 4 is 0 Å². The van der Waals surface area contributed by atoms with Crippen LogP contribution in [0.4, 0.5) is 0 Å². The zero-order chi connectivity index (χ0) is 9.14. The third-order valence-electron chi connectivity index (χ3n) is 2.00. The predicted octanol–water partition coefficient (Wildman–Crippen LogP) is -1.27.